The van der Waals surface area contributed by atoms with Crippen molar-refractivity contribution in [3.8, 4) is 0 Å². The van der Waals surface area contributed by atoms with Gasteiger partial charge in [-0.2, -0.15) is 0 Å². The second kappa shape index (κ2) is 5.23. The van der Waals surface area contributed by atoms with E-state index in [9.17, 15) is 0 Å². The van der Waals surface area contributed by atoms with E-state index < -0.39 is 0 Å². The molecule has 2 rings (SSSR count). The minimum atomic E-state index is 0.327. The highest BCUT2D eigenvalue weighted by atomic mass is 32.1. The van der Waals surface area contributed by atoms with E-state index in [4.69, 9.17) is 0 Å². The lowest BCUT2D eigenvalue weighted by Crippen LogP contribution is -2.16. The van der Waals surface area contributed by atoms with Crippen molar-refractivity contribution in [1.29, 1.82) is 0 Å². The summed E-state index contributed by atoms with van der Waals surface area (Å²) in [4.78, 5) is 0. The van der Waals surface area contributed by atoms with Gasteiger partial charge in [-0.3, -0.25) is 0 Å². The Morgan fingerprint density at radius 2 is 2.06 bits per heavy atom. The minimum Gasteiger partial charge on any atom is -0.317 e. The third kappa shape index (κ3) is 2.61. The van der Waals surface area contributed by atoms with E-state index in [2.05, 4.69) is 29.4 Å². The number of hydrogen-bond acceptors (Lipinski definition) is 4. The number of nitrogens with zero attached hydrogens (tertiary/aromatic N) is 2. The molecule has 1 aromatic heterocycles. The molecule has 3 nitrogen and oxygen atoms in total. The Balaban J connectivity index is 1.96. The van der Waals surface area contributed by atoms with Crippen LogP contribution in [-0.2, 0) is 11.8 Å². The van der Waals surface area contributed by atoms with Gasteiger partial charge in [0, 0.05) is 18.4 Å². The fraction of sp³-hybridized carbons (Fsp3) is 0.833. The molecule has 90 valence electrons. The number of aromatic nitrogens is 2. The van der Waals surface area contributed by atoms with Crippen LogP contribution in [0.2, 0.25) is 0 Å². The maximum Gasteiger partial charge on any atom is 0.123 e. The molecule has 4 heteroatoms. The molecule has 0 amide bonds. The first-order valence-corrected chi connectivity index (χ1v) is 7.10. The van der Waals surface area contributed by atoms with Crippen LogP contribution in [0.5, 0.6) is 0 Å². The van der Waals surface area contributed by atoms with E-state index in [-0.39, 0.29) is 0 Å². The Morgan fingerprint density at radius 1 is 1.31 bits per heavy atom. The molecular formula is C12H21N3S. The Kier molecular flexibility index (Phi) is 3.92. The summed E-state index contributed by atoms with van der Waals surface area (Å²) in [5.41, 5.74) is 0.327. The number of rotatable bonds is 5. The zero-order valence-corrected chi connectivity index (χ0v) is 11.1. The fourth-order valence-corrected chi connectivity index (χ4v) is 3.38. The van der Waals surface area contributed by atoms with Gasteiger partial charge in [-0.1, -0.05) is 26.7 Å². The SMILES string of the molecule is CCNCCc1nnc(C2(C)CCCC2)s1. The average Bonchev–Trinajstić information content (AvgIpc) is 2.88. The molecule has 1 aliphatic carbocycles. The summed E-state index contributed by atoms with van der Waals surface area (Å²) >= 11 is 1.82. The normalized spacial score (nSPS) is 19.1. The van der Waals surface area contributed by atoms with Gasteiger partial charge in [0.2, 0.25) is 0 Å². The monoisotopic (exact) mass is 239 g/mol. The van der Waals surface area contributed by atoms with Crippen molar-refractivity contribution in [2.24, 2.45) is 0 Å². The van der Waals surface area contributed by atoms with E-state index in [1.54, 1.807) is 0 Å². The summed E-state index contributed by atoms with van der Waals surface area (Å²) in [6.07, 6.45) is 6.29. The molecule has 1 saturated carbocycles. The fourth-order valence-electron chi connectivity index (χ4n) is 2.34. The maximum absolute atomic E-state index is 4.39. The van der Waals surface area contributed by atoms with Crippen LogP contribution in [0.1, 0.15) is 49.5 Å². The van der Waals surface area contributed by atoms with E-state index >= 15 is 0 Å². The lowest BCUT2D eigenvalue weighted by molar-refractivity contribution is 0.484. The Hall–Kier alpha value is -0.480. The van der Waals surface area contributed by atoms with Gasteiger partial charge in [-0.15, -0.1) is 21.5 Å². The van der Waals surface area contributed by atoms with Crippen molar-refractivity contribution in [3.05, 3.63) is 10.0 Å². The van der Waals surface area contributed by atoms with Gasteiger partial charge in [-0.05, 0) is 19.4 Å². The highest BCUT2D eigenvalue weighted by Gasteiger charge is 2.33. The van der Waals surface area contributed by atoms with Crippen molar-refractivity contribution >= 4 is 11.3 Å². The van der Waals surface area contributed by atoms with Crippen LogP contribution in [0.15, 0.2) is 0 Å². The molecule has 1 heterocycles. The van der Waals surface area contributed by atoms with Crippen LogP contribution in [-0.4, -0.2) is 23.3 Å². The van der Waals surface area contributed by atoms with Crippen molar-refractivity contribution in [2.75, 3.05) is 13.1 Å². The Labute approximate surface area is 102 Å². The van der Waals surface area contributed by atoms with Gasteiger partial charge >= 0.3 is 0 Å². The molecular weight excluding hydrogens is 218 g/mol. The third-order valence-corrected chi connectivity index (χ3v) is 4.75. The number of likely N-dealkylation sites (N-methyl/N-ethyl adjacent to an activating group) is 1. The van der Waals surface area contributed by atoms with Gasteiger partial charge in [0.15, 0.2) is 0 Å². The molecule has 1 aliphatic rings. The van der Waals surface area contributed by atoms with Gasteiger partial charge in [0.1, 0.15) is 10.0 Å². The molecule has 0 unspecified atom stereocenters. The number of hydrogen-bond donors (Lipinski definition) is 1. The standard InChI is InChI=1S/C12H21N3S/c1-3-13-9-6-10-14-15-11(16-10)12(2)7-4-5-8-12/h13H,3-9H2,1-2H3. The largest absolute Gasteiger partial charge is 0.317 e. The van der Waals surface area contributed by atoms with Gasteiger partial charge in [0.25, 0.3) is 0 Å². The molecule has 0 radical (unpaired) electrons. The molecule has 0 atom stereocenters. The first kappa shape index (κ1) is 12.0. The van der Waals surface area contributed by atoms with Crippen LogP contribution >= 0.6 is 11.3 Å². The predicted molar refractivity (Wildman–Crippen MR) is 68.0 cm³/mol. The van der Waals surface area contributed by atoms with Gasteiger partial charge in [0.05, 0.1) is 0 Å². The van der Waals surface area contributed by atoms with E-state index in [0.29, 0.717) is 5.41 Å². The molecule has 0 saturated heterocycles. The lowest BCUT2D eigenvalue weighted by atomic mass is 9.90. The van der Waals surface area contributed by atoms with Crippen LogP contribution < -0.4 is 5.32 Å². The Morgan fingerprint density at radius 3 is 2.75 bits per heavy atom. The van der Waals surface area contributed by atoms with Crippen molar-refractivity contribution in [2.45, 2.75) is 51.4 Å². The van der Waals surface area contributed by atoms with Crippen LogP contribution in [0.4, 0.5) is 0 Å². The van der Waals surface area contributed by atoms with Crippen molar-refractivity contribution in [1.82, 2.24) is 15.5 Å². The molecule has 0 spiro atoms. The summed E-state index contributed by atoms with van der Waals surface area (Å²) in [5, 5.41) is 14.5. The molecule has 1 aromatic rings. The third-order valence-electron chi connectivity index (χ3n) is 3.46. The summed E-state index contributed by atoms with van der Waals surface area (Å²) < 4.78 is 0. The molecule has 1 fully saturated rings. The summed E-state index contributed by atoms with van der Waals surface area (Å²) in [7, 11) is 0. The topological polar surface area (TPSA) is 37.8 Å². The molecule has 1 N–H and O–H groups in total. The van der Waals surface area contributed by atoms with Crippen molar-refractivity contribution in [3.63, 3.8) is 0 Å². The van der Waals surface area contributed by atoms with Crippen LogP contribution in [0.25, 0.3) is 0 Å². The first-order valence-electron chi connectivity index (χ1n) is 6.28. The zero-order valence-electron chi connectivity index (χ0n) is 10.3. The second-order valence-corrected chi connectivity index (χ2v) is 5.93. The molecule has 0 bridgehead atoms. The lowest BCUT2D eigenvalue weighted by Gasteiger charge is -2.18. The second-order valence-electron chi connectivity index (χ2n) is 4.87. The highest BCUT2D eigenvalue weighted by molar-refractivity contribution is 7.11. The van der Waals surface area contributed by atoms with Crippen molar-refractivity contribution < 1.29 is 0 Å². The van der Waals surface area contributed by atoms with E-state index in [1.165, 1.54) is 35.7 Å². The molecule has 0 aliphatic heterocycles. The average molecular weight is 239 g/mol. The number of nitrogens with one attached hydrogen (secondary N) is 1. The summed E-state index contributed by atoms with van der Waals surface area (Å²) in [5.74, 6) is 0. The van der Waals surface area contributed by atoms with Gasteiger partial charge in [-0.25, -0.2) is 0 Å². The molecule has 16 heavy (non-hydrogen) atoms. The summed E-state index contributed by atoms with van der Waals surface area (Å²) in [6.45, 7) is 6.52. The quantitative estimate of drug-likeness (QED) is 0.802. The van der Waals surface area contributed by atoms with Gasteiger partial charge < -0.3 is 5.32 Å². The zero-order chi connectivity index (χ0) is 11.4. The predicted octanol–water partition coefficient (Wildman–Crippen LogP) is 2.52. The van der Waals surface area contributed by atoms with E-state index in [1.807, 2.05) is 11.3 Å². The van der Waals surface area contributed by atoms with Crippen LogP contribution in [0, 0.1) is 0 Å². The smallest absolute Gasteiger partial charge is 0.123 e. The highest BCUT2D eigenvalue weighted by Crippen LogP contribution is 2.41. The first-order chi connectivity index (χ1) is 7.74. The minimum absolute atomic E-state index is 0.327. The van der Waals surface area contributed by atoms with Crippen LogP contribution in [0.3, 0.4) is 0 Å². The summed E-state index contributed by atoms with van der Waals surface area (Å²) in [6, 6.07) is 0. The maximum atomic E-state index is 4.39. The van der Waals surface area contributed by atoms with E-state index in [0.717, 1.165) is 19.5 Å². The Bertz CT molecular complexity index is 329. The molecule has 0 aromatic carbocycles.